The highest BCUT2D eigenvalue weighted by Crippen LogP contribution is 2.51. The molecule has 2 aliphatic heterocycles. The van der Waals surface area contributed by atoms with Crippen LogP contribution in [0.2, 0.25) is 0 Å². The Balaban J connectivity index is 1.09. The van der Waals surface area contributed by atoms with Crippen LogP contribution in [0, 0.1) is 35.5 Å². The number of fused-ring (bicyclic) bond motifs is 5. The summed E-state index contributed by atoms with van der Waals surface area (Å²) in [6.07, 6.45) is 25.0. The SMILES string of the molecule is C1=C2CCCC(C2)CC1C1OCCCC(C2C3CCCC(=CC2C2OC4CCCCC4O2)C3)CO1. The molecule has 0 spiro atoms. The van der Waals surface area contributed by atoms with Crippen molar-refractivity contribution in [2.45, 2.75) is 121 Å². The first-order valence-corrected chi connectivity index (χ1v) is 15.2. The monoisotopic (exact) mass is 482 g/mol. The van der Waals surface area contributed by atoms with E-state index in [2.05, 4.69) is 12.2 Å². The summed E-state index contributed by atoms with van der Waals surface area (Å²) in [4.78, 5) is 0. The van der Waals surface area contributed by atoms with Gasteiger partial charge in [-0.2, -0.15) is 0 Å². The predicted molar refractivity (Wildman–Crippen MR) is 136 cm³/mol. The van der Waals surface area contributed by atoms with E-state index in [1.807, 2.05) is 0 Å². The quantitative estimate of drug-likeness (QED) is 0.408. The fourth-order valence-electron chi connectivity index (χ4n) is 9.14. The van der Waals surface area contributed by atoms with E-state index in [0.29, 0.717) is 35.9 Å². The molecule has 35 heavy (non-hydrogen) atoms. The predicted octanol–water partition coefficient (Wildman–Crippen LogP) is 6.94. The van der Waals surface area contributed by atoms with E-state index in [4.69, 9.17) is 18.9 Å². The van der Waals surface area contributed by atoms with Crippen LogP contribution in [0.15, 0.2) is 23.3 Å². The summed E-state index contributed by atoms with van der Waals surface area (Å²) in [6, 6.07) is 0. The molecule has 0 aromatic heterocycles. The maximum Gasteiger partial charge on any atom is 0.165 e. The van der Waals surface area contributed by atoms with Crippen LogP contribution < -0.4 is 0 Å². The summed E-state index contributed by atoms with van der Waals surface area (Å²) < 4.78 is 26.4. The summed E-state index contributed by atoms with van der Waals surface area (Å²) in [5.74, 6) is 3.68. The summed E-state index contributed by atoms with van der Waals surface area (Å²) >= 11 is 0. The molecule has 0 aromatic carbocycles. The molecule has 7 rings (SSSR count). The minimum absolute atomic E-state index is 0.0380. The third kappa shape index (κ3) is 4.82. The van der Waals surface area contributed by atoms with Crippen molar-refractivity contribution in [2.24, 2.45) is 35.5 Å². The maximum absolute atomic E-state index is 6.73. The lowest BCUT2D eigenvalue weighted by molar-refractivity contribution is -0.196. The van der Waals surface area contributed by atoms with Gasteiger partial charge in [0, 0.05) is 18.4 Å². The second-order valence-electron chi connectivity index (χ2n) is 13.0. The van der Waals surface area contributed by atoms with Gasteiger partial charge in [0.1, 0.15) is 0 Å². The van der Waals surface area contributed by atoms with E-state index in [0.717, 1.165) is 31.5 Å². The van der Waals surface area contributed by atoms with Crippen molar-refractivity contribution in [1.82, 2.24) is 0 Å². The number of ether oxygens (including phenoxy) is 4. The van der Waals surface area contributed by atoms with Crippen molar-refractivity contribution >= 4 is 0 Å². The molecule has 0 N–H and O–H groups in total. The molecule has 0 amide bonds. The molecule has 0 aromatic rings. The summed E-state index contributed by atoms with van der Waals surface area (Å²) in [5.41, 5.74) is 3.35. The first kappa shape index (κ1) is 23.4. The van der Waals surface area contributed by atoms with Crippen molar-refractivity contribution in [1.29, 1.82) is 0 Å². The fourth-order valence-corrected chi connectivity index (χ4v) is 9.14. The highest BCUT2D eigenvalue weighted by molar-refractivity contribution is 5.17. The van der Waals surface area contributed by atoms with Crippen molar-refractivity contribution in [3.8, 4) is 0 Å². The molecule has 0 radical (unpaired) electrons. The summed E-state index contributed by atoms with van der Waals surface area (Å²) in [7, 11) is 0. The molecular weight excluding hydrogens is 436 g/mol. The first-order chi connectivity index (χ1) is 17.3. The summed E-state index contributed by atoms with van der Waals surface area (Å²) in [5, 5.41) is 0. The topological polar surface area (TPSA) is 36.9 Å². The van der Waals surface area contributed by atoms with E-state index in [9.17, 15) is 0 Å². The molecule has 4 bridgehead atoms. The van der Waals surface area contributed by atoms with Crippen LogP contribution in [0.1, 0.15) is 96.3 Å². The first-order valence-electron chi connectivity index (χ1n) is 15.2. The zero-order valence-corrected chi connectivity index (χ0v) is 21.6. The molecule has 194 valence electrons. The van der Waals surface area contributed by atoms with Gasteiger partial charge in [0.15, 0.2) is 12.6 Å². The van der Waals surface area contributed by atoms with Crippen molar-refractivity contribution < 1.29 is 18.9 Å². The van der Waals surface area contributed by atoms with E-state index in [1.165, 1.54) is 89.9 Å². The van der Waals surface area contributed by atoms with Gasteiger partial charge >= 0.3 is 0 Å². The van der Waals surface area contributed by atoms with Crippen LogP contribution in [-0.2, 0) is 18.9 Å². The van der Waals surface area contributed by atoms with Crippen LogP contribution in [0.3, 0.4) is 0 Å². The Kier molecular flexibility index (Phi) is 6.85. The largest absolute Gasteiger partial charge is 0.352 e. The standard InChI is InChI=1S/C31H46O4/c1-2-12-28-27(11-1)34-31(35-28)26-18-22-8-4-9-23(15-22)29(26)24-10-5-13-32-30(33-19-24)25-16-20-6-3-7-21(14-20)17-25/h16,18,21,23-31H,1-15,17,19H2. The molecule has 5 aliphatic carbocycles. The van der Waals surface area contributed by atoms with Gasteiger partial charge in [-0.05, 0) is 107 Å². The van der Waals surface area contributed by atoms with Gasteiger partial charge in [-0.15, -0.1) is 0 Å². The van der Waals surface area contributed by atoms with Crippen LogP contribution in [0.4, 0.5) is 0 Å². The second-order valence-corrected chi connectivity index (χ2v) is 13.0. The van der Waals surface area contributed by atoms with E-state index >= 15 is 0 Å². The minimum atomic E-state index is -0.0463. The van der Waals surface area contributed by atoms with Gasteiger partial charge in [0.25, 0.3) is 0 Å². The number of hydrogen-bond donors (Lipinski definition) is 0. The third-order valence-corrected chi connectivity index (χ3v) is 10.7. The van der Waals surface area contributed by atoms with E-state index in [1.54, 1.807) is 11.1 Å². The smallest absolute Gasteiger partial charge is 0.165 e. The highest BCUT2D eigenvalue weighted by atomic mass is 16.7. The minimum Gasteiger partial charge on any atom is -0.352 e. The van der Waals surface area contributed by atoms with Gasteiger partial charge < -0.3 is 18.9 Å². The van der Waals surface area contributed by atoms with Crippen molar-refractivity contribution in [3.05, 3.63) is 23.3 Å². The molecule has 2 saturated heterocycles. The van der Waals surface area contributed by atoms with Gasteiger partial charge in [-0.3, -0.25) is 0 Å². The van der Waals surface area contributed by atoms with Gasteiger partial charge in [-0.1, -0.05) is 36.1 Å². The average Bonchev–Trinajstić information content (AvgIpc) is 3.29. The van der Waals surface area contributed by atoms with Crippen molar-refractivity contribution in [2.75, 3.05) is 13.2 Å². The Hall–Kier alpha value is -0.680. The van der Waals surface area contributed by atoms with E-state index < -0.39 is 0 Å². The van der Waals surface area contributed by atoms with Crippen molar-refractivity contribution in [3.63, 3.8) is 0 Å². The molecule has 9 atom stereocenters. The molecule has 4 heteroatoms. The molecular formula is C31H46O4. The molecule has 2 heterocycles. The average molecular weight is 483 g/mol. The molecule has 5 fully saturated rings. The Morgan fingerprint density at radius 3 is 2.26 bits per heavy atom. The number of hydrogen-bond acceptors (Lipinski definition) is 4. The normalized spacial score (nSPS) is 48.2. The van der Waals surface area contributed by atoms with Crippen LogP contribution in [0.5, 0.6) is 0 Å². The lowest BCUT2D eigenvalue weighted by Gasteiger charge is -2.46. The molecule has 3 saturated carbocycles. The lowest BCUT2D eigenvalue weighted by atomic mass is 9.62. The summed E-state index contributed by atoms with van der Waals surface area (Å²) in [6.45, 7) is 1.69. The van der Waals surface area contributed by atoms with Gasteiger partial charge in [0.05, 0.1) is 18.8 Å². The third-order valence-electron chi connectivity index (χ3n) is 10.7. The van der Waals surface area contributed by atoms with Crippen LogP contribution in [0.25, 0.3) is 0 Å². The lowest BCUT2D eigenvalue weighted by Crippen LogP contribution is -2.44. The molecule has 4 nitrogen and oxygen atoms in total. The number of rotatable bonds is 3. The molecule has 7 aliphatic rings. The molecule has 9 unspecified atom stereocenters. The maximum atomic E-state index is 6.73. The zero-order valence-electron chi connectivity index (χ0n) is 21.6. The second kappa shape index (κ2) is 10.2. The Labute approximate surface area is 212 Å². The van der Waals surface area contributed by atoms with Gasteiger partial charge in [0.2, 0.25) is 0 Å². The Morgan fingerprint density at radius 2 is 1.43 bits per heavy atom. The zero-order chi connectivity index (χ0) is 23.2. The fraction of sp³-hybridized carbons (Fsp3) is 0.871. The van der Waals surface area contributed by atoms with Crippen LogP contribution in [-0.4, -0.2) is 38.0 Å². The highest BCUT2D eigenvalue weighted by Gasteiger charge is 2.49. The van der Waals surface area contributed by atoms with E-state index in [-0.39, 0.29) is 12.6 Å². The Bertz CT molecular complexity index is 805. The van der Waals surface area contributed by atoms with Crippen LogP contribution >= 0.6 is 0 Å². The van der Waals surface area contributed by atoms with Gasteiger partial charge in [-0.25, -0.2) is 0 Å². The number of allylic oxidation sites excluding steroid dienone is 2. The Morgan fingerprint density at radius 1 is 0.657 bits per heavy atom.